The molecule has 2 aliphatic carbocycles. The zero-order valence-electron chi connectivity index (χ0n) is 14.9. The molecule has 0 radical (unpaired) electrons. The molecular formula is C23H26Si. The van der Waals surface area contributed by atoms with Gasteiger partial charge in [0.1, 0.15) is 0 Å². The molecule has 1 heteroatoms. The third kappa shape index (κ3) is 2.34. The Hall–Kier alpha value is -1.86. The second kappa shape index (κ2) is 5.89. The first kappa shape index (κ1) is 15.7. The molecule has 4 rings (SSSR count). The van der Waals surface area contributed by atoms with Crippen LogP contribution in [0.1, 0.15) is 53.1 Å². The van der Waals surface area contributed by atoms with Crippen LogP contribution in [0.4, 0.5) is 0 Å². The molecule has 2 aromatic carbocycles. The first-order chi connectivity index (χ1) is 11.6. The molecule has 0 heterocycles. The van der Waals surface area contributed by atoms with Crippen LogP contribution < -0.4 is 0 Å². The molecule has 2 aliphatic rings. The van der Waals surface area contributed by atoms with Gasteiger partial charge in [-0.05, 0) is 34.2 Å². The van der Waals surface area contributed by atoms with E-state index >= 15 is 0 Å². The van der Waals surface area contributed by atoms with Crippen LogP contribution in [0.15, 0.2) is 60.2 Å². The maximum absolute atomic E-state index is 2.60. The summed E-state index contributed by atoms with van der Waals surface area (Å²) in [5.74, 6) is 0. The van der Waals surface area contributed by atoms with Crippen LogP contribution in [-0.4, -0.2) is 8.07 Å². The summed E-state index contributed by atoms with van der Waals surface area (Å²) in [5.41, 5.74) is 8.95. The minimum absolute atomic E-state index is 0.616. The Labute approximate surface area is 146 Å². The van der Waals surface area contributed by atoms with Gasteiger partial charge in [-0.3, -0.25) is 0 Å². The summed E-state index contributed by atoms with van der Waals surface area (Å²) in [6, 6.07) is 18.0. The fourth-order valence-electron chi connectivity index (χ4n) is 4.85. The molecule has 0 aromatic heterocycles. The Morgan fingerprint density at radius 2 is 1.54 bits per heavy atom. The molecule has 0 nitrogen and oxygen atoms in total. The smallest absolute Gasteiger partial charge is 0.0718 e. The van der Waals surface area contributed by atoms with Crippen molar-refractivity contribution in [1.82, 2.24) is 0 Å². The highest BCUT2D eigenvalue weighted by Gasteiger charge is 2.45. The lowest BCUT2D eigenvalue weighted by atomic mass is 10.1. The first-order valence-corrected chi connectivity index (χ1v) is 12.3. The lowest BCUT2D eigenvalue weighted by Gasteiger charge is -2.38. The van der Waals surface area contributed by atoms with Gasteiger partial charge in [-0.25, -0.2) is 0 Å². The monoisotopic (exact) mass is 330 g/mol. The standard InChI is InChI=1S/C23H26Si/c1-4-9-19-16-18-11-6-8-13-21(18)23(19)24(2,3)22-15-14-17-10-5-7-12-20(17)22/h5-8,10-16,22-23H,4,9H2,1-3H3. The van der Waals surface area contributed by atoms with Gasteiger partial charge in [0.25, 0.3) is 0 Å². The molecule has 0 amide bonds. The number of benzene rings is 2. The molecule has 0 N–H and O–H groups in total. The largest absolute Gasteiger partial charge is 0.0791 e. The molecule has 122 valence electrons. The van der Waals surface area contributed by atoms with Crippen molar-refractivity contribution in [3.8, 4) is 0 Å². The van der Waals surface area contributed by atoms with Gasteiger partial charge in [0, 0.05) is 5.54 Å². The molecule has 0 saturated carbocycles. The summed E-state index contributed by atoms with van der Waals surface area (Å²) in [6.07, 6.45) is 9.79. The number of rotatable bonds is 4. The van der Waals surface area contributed by atoms with Gasteiger partial charge in [-0.1, -0.05) is 98.8 Å². The predicted octanol–water partition coefficient (Wildman–Crippen LogP) is 6.56. The van der Waals surface area contributed by atoms with Gasteiger partial charge in [-0.2, -0.15) is 0 Å². The molecule has 0 saturated heterocycles. The van der Waals surface area contributed by atoms with Crippen molar-refractivity contribution < 1.29 is 0 Å². The highest BCUT2D eigenvalue weighted by molar-refractivity contribution is 6.81. The van der Waals surface area contributed by atoms with Crippen molar-refractivity contribution >= 4 is 20.2 Å². The van der Waals surface area contributed by atoms with Crippen molar-refractivity contribution in [3.63, 3.8) is 0 Å². The zero-order chi connectivity index (χ0) is 16.7. The van der Waals surface area contributed by atoms with E-state index in [-0.39, 0.29) is 0 Å². The topological polar surface area (TPSA) is 0 Å². The quantitative estimate of drug-likeness (QED) is 0.556. The average molecular weight is 331 g/mol. The molecule has 0 aliphatic heterocycles. The average Bonchev–Trinajstić information content (AvgIpc) is 3.16. The normalized spacial score (nSPS) is 21.5. The van der Waals surface area contributed by atoms with E-state index in [1.807, 2.05) is 0 Å². The maximum atomic E-state index is 2.60. The van der Waals surface area contributed by atoms with E-state index in [0.29, 0.717) is 11.1 Å². The van der Waals surface area contributed by atoms with Crippen LogP contribution in [0.5, 0.6) is 0 Å². The zero-order valence-corrected chi connectivity index (χ0v) is 15.9. The van der Waals surface area contributed by atoms with Crippen molar-refractivity contribution in [2.75, 3.05) is 0 Å². The summed E-state index contributed by atoms with van der Waals surface area (Å²) in [6.45, 7) is 7.50. The van der Waals surface area contributed by atoms with E-state index in [0.717, 1.165) is 0 Å². The number of hydrogen-bond acceptors (Lipinski definition) is 0. The summed E-state index contributed by atoms with van der Waals surface area (Å²) in [4.78, 5) is 0. The third-order valence-corrected chi connectivity index (χ3v) is 10.2. The summed E-state index contributed by atoms with van der Waals surface area (Å²) < 4.78 is 0. The van der Waals surface area contributed by atoms with Crippen molar-refractivity contribution in [1.29, 1.82) is 0 Å². The summed E-state index contributed by atoms with van der Waals surface area (Å²) in [7, 11) is -1.60. The van der Waals surface area contributed by atoms with Gasteiger partial charge in [0.2, 0.25) is 0 Å². The second-order valence-corrected chi connectivity index (χ2v) is 12.7. The Morgan fingerprint density at radius 1 is 0.875 bits per heavy atom. The van der Waals surface area contributed by atoms with E-state index in [4.69, 9.17) is 0 Å². The lowest BCUT2D eigenvalue weighted by molar-refractivity contribution is 0.851. The van der Waals surface area contributed by atoms with Gasteiger partial charge in [0.05, 0.1) is 8.07 Å². The first-order valence-electron chi connectivity index (χ1n) is 9.19. The Bertz CT molecular complexity index is 825. The fraction of sp³-hybridized carbons (Fsp3) is 0.304. The Balaban J connectivity index is 1.79. The SMILES string of the molecule is CCCC1=Cc2ccccc2C1[Si](C)(C)C1C=Cc2ccccc21. The maximum Gasteiger partial charge on any atom is 0.0718 e. The van der Waals surface area contributed by atoms with Crippen LogP contribution in [0.3, 0.4) is 0 Å². The van der Waals surface area contributed by atoms with E-state index in [9.17, 15) is 0 Å². The van der Waals surface area contributed by atoms with E-state index in [1.54, 1.807) is 16.7 Å². The van der Waals surface area contributed by atoms with Crippen molar-refractivity contribution in [2.45, 2.75) is 43.9 Å². The van der Waals surface area contributed by atoms with Crippen molar-refractivity contribution in [3.05, 3.63) is 82.4 Å². The molecule has 2 atom stereocenters. The van der Waals surface area contributed by atoms with Gasteiger partial charge >= 0.3 is 0 Å². The molecule has 2 aromatic rings. The third-order valence-electron chi connectivity index (χ3n) is 5.90. The fourth-order valence-corrected chi connectivity index (χ4v) is 9.11. The number of fused-ring (bicyclic) bond motifs is 2. The Kier molecular flexibility index (Phi) is 3.84. The molecule has 0 bridgehead atoms. The van der Waals surface area contributed by atoms with E-state index in [2.05, 4.69) is 86.8 Å². The highest BCUT2D eigenvalue weighted by Crippen LogP contribution is 2.50. The van der Waals surface area contributed by atoms with Crippen LogP contribution in [0.2, 0.25) is 13.1 Å². The lowest BCUT2D eigenvalue weighted by Crippen LogP contribution is -2.41. The minimum Gasteiger partial charge on any atom is -0.0791 e. The molecule has 2 unspecified atom stereocenters. The highest BCUT2D eigenvalue weighted by atomic mass is 28.3. The second-order valence-electron chi connectivity index (χ2n) is 7.82. The number of hydrogen-bond donors (Lipinski definition) is 0. The van der Waals surface area contributed by atoms with Gasteiger partial charge in [-0.15, -0.1) is 0 Å². The van der Waals surface area contributed by atoms with Crippen LogP contribution >= 0.6 is 0 Å². The number of allylic oxidation sites excluding steroid dienone is 2. The molecule has 0 spiro atoms. The van der Waals surface area contributed by atoms with Crippen LogP contribution in [0.25, 0.3) is 12.2 Å². The van der Waals surface area contributed by atoms with Gasteiger partial charge in [0.15, 0.2) is 0 Å². The van der Waals surface area contributed by atoms with Gasteiger partial charge < -0.3 is 0 Å². The Morgan fingerprint density at radius 3 is 2.29 bits per heavy atom. The summed E-state index contributed by atoms with van der Waals surface area (Å²) in [5, 5.41) is 0. The van der Waals surface area contributed by atoms with Crippen LogP contribution in [-0.2, 0) is 0 Å². The van der Waals surface area contributed by atoms with E-state index < -0.39 is 8.07 Å². The minimum atomic E-state index is -1.60. The molecule has 0 fully saturated rings. The van der Waals surface area contributed by atoms with E-state index in [1.165, 1.54) is 24.0 Å². The summed E-state index contributed by atoms with van der Waals surface area (Å²) >= 11 is 0. The van der Waals surface area contributed by atoms with Crippen molar-refractivity contribution in [2.24, 2.45) is 0 Å². The molecule has 24 heavy (non-hydrogen) atoms. The van der Waals surface area contributed by atoms with Crippen LogP contribution in [0, 0.1) is 0 Å². The predicted molar refractivity (Wildman–Crippen MR) is 108 cm³/mol. The molecular weight excluding hydrogens is 304 g/mol.